The number of carbonyl (C=O) groups is 2. The van der Waals surface area contributed by atoms with Gasteiger partial charge < -0.3 is 23.9 Å². The van der Waals surface area contributed by atoms with Crippen LogP contribution < -0.4 is 0 Å². The fraction of sp³-hybridized carbons (Fsp3) is 0.271. The van der Waals surface area contributed by atoms with Crippen molar-refractivity contribution in [2.24, 2.45) is 26.1 Å². The van der Waals surface area contributed by atoms with E-state index in [4.69, 9.17) is 24.4 Å². The molecule has 0 unspecified atom stereocenters. The summed E-state index contributed by atoms with van der Waals surface area (Å²) in [6.45, 7) is 7.83. The second-order valence-corrected chi connectivity index (χ2v) is 16.2. The first kappa shape index (κ1) is 41.5. The average molecular weight is 805 g/mol. The van der Waals surface area contributed by atoms with Crippen LogP contribution in [0.4, 0.5) is 0 Å². The summed E-state index contributed by atoms with van der Waals surface area (Å²) in [6.07, 6.45) is 0. The molecule has 1 aliphatic rings. The van der Waals surface area contributed by atoms with Gasteiger partial charge in [0.2, 0.25) is 12.5 Å². The lowest BCUT2D eigenvalue weighted by atomic mass is 9.59. The van der Waals surface area contributed by atoms with Gasteiger partial charge in [-0.25, -0.2) is 9.78 Å². The molecule has 0 bridgehead atoms. The number of aliphatic hydroxyl groups is 1. The summed E-state index contributed by atoms with van der Waals surface area (Å²) >= 11 is 0. The smallest absolute Gasteiger partial charge is 0.359 e. The van der Waals surface area contributed by atoms with Crippen molar-refractivity contribution in [1.82, 2.24) is 9.55 Å². The predicted molar refractivity (Wildman–Crippen MR) is 226 cm³/mol. The van der Waals surface area contributed by atoms with Gasteiger partial charge in [-0.3, -0.25) is 4.79 Å². The Hall–Kier alpha value is -6.63. The van der Waals surface area contributed by atoms with Crippen molar-refractivity contribution in [3.05, 3.63) is 185 Å². The van der Waals surface area contributed by atoms with E-state index in [0.29, 0.717) is 5.82 Å². The summed E-state index contributed by atoms with van der Waals surface area (Å²) in [4.78, 5) is 30.8. The van der Waals surface area contributed by atoms with Crippen molar-refractivity contribution >= 4 is 11.9 Å². The number of hydrogen-bond acceptors (Lipinski definition) is 11. The first-order chi connectivity index (χ1) is 28.8. The van der Waals surface area contributed by atoms with Gasteiger partial charge in [0.05, 0.1) is 10.8 Å². The third-order valence-corrected chi connectivity index (χ3v) is 10.6. The van der Waals surface area contributed by atoms with Gasteiger partial charge in [-0.15, -0.1) is 10.2 Å². The number of nitrogens with zero attached hydrogens (tertiary/aromatic N) is 6. The Kier molecular flexibility index (Phi) is 11.7. The van der Waals surface area contributed by atoms with Crippen molar-refractivity contribution < 1.29 is 28.9 Å². The van der Waals surface area contributed by atoms with Crippen LogP contribution in [0.1, 0.15) is 84.4 Å². The molecule has 0 amide bonds. The van der Waals surface area contributed by atoms with E-state index in [-0.39, 0.29) is 24.5 Å². The summed E-state index contributed by atoms with van der Waals surface area (Å²) in [6, 6.07) is 46.7. The lowest BCUT2D eigenvalue weighted by Gasteiger charge is -2.45. The first-order valence-electron chi connectivity index (χ1n) is 19.7. The Bertz CT molecular complexity index is 2400. The van der Waals surface area contributed by atoms with E-state index in [9.17, 15) is 14.7 Å². The van der Waals surface area contributed by atoms with E-state index in [2.05, 4.69) is 51.8 Å². The van der Waals surface area contributed by atoms with Crippen LogP contribution in [0.2, 0.25) is 0 Å². The molecule has 0 fully saturated rings. The normalized spacial score (nSPS) is 13.7. The number of aromatic nitrogens is 2. The Morgan fingerprint density at radius 1 is 0.683 bits per heavy atom. The Morgan fingerprint density at radius 2 is 1.20 bits per heavy atom. The zero-order valence-corrected chi connectivity index (χ0v) is 34.6. The number of ether oxygens (including phenoxy) is 3. The maximum Gasteiger partial charge on any atom is 0.359 e. The van der Waals surface area contributed by atoms with E-state index >= 15 is 0 Å². The summed E-state index contributed by atoms with van der Waals surface area (Å²) in [7, 11) is 1.53. The van der Waals surface area contributed by atoms with E-state index in [1.807, 2.05) is 103 Å². The van der Waals surface area contributed by atoms with Gasteiger partial charge in [-0.1, -0.05) is 140 Å². The van der Waals surface area contributed by atoms with Crippen LogP contribution in [0.5, 0.6) is 0 Å². The van der Waals surface area contributed by atoms with Crippen LogP contribution in [-0.4, -0.2) is 40.5 Å². The third-order valence-electron chi connectivity index (χ3n) is 10.6. The topological polar surface area (TPSA) is 149 Å². The Balaban J connectivity index is 1.32. The van der Waals surface area contributed by atoms with Crippen molar-refractivity contribution in [3.8, 4) is 11.1 Å². The first-order valence-corrected chi connectivity index (χ1v) is 19.7. The number of hydrogen-bond donors (Lipinski definition) is 1. The zero-order valence-electron chi connectivity index (χ0n) is 34.6. The maximum atomic E-state index is 13.7. The predicted octanol–water partition coefficient (Wildman–Crippen LogP) is 9.70. The fourth-order valence-corrected chi connectivity index (χ4v) is 7.79. The largest absolute Gasteiger partial charge is 0.427 e. The number of carbonyl (C=O) groups excluding carboxylic acids is 2. The molecule has 2 heterocycles. The third kappa shape index (κ3) is 7.79. The summed E-state index contributed by atoms with van der Waals surface area (Å²) in [5.41, 5.74) is 1.71. The molecular weight excluding hydrogens is 757 g/mol. The highest BCUT2D eigenvalue weighted by atomic mass is 16.7. The van der Waals surface area contributed by atoms with Crippen LogP contribution in [-0.2, 0) is 48.8 Å². The standard InChI is InChI=1S/C48H48N6O6/c1-45(2,3)44(56)60-32-59-43(55)41-42(46(4,5)57)49-40(31-58-6)54(41)30-33-26-28-34(29-27-33)38-24-16-17-25-39(38)48(50-52-53-51-48)47(35-18-10-7-11-19-35,36-20-12-8-13-21-36)37-22-14-9-15-23-37/h7-29,57H,30-32H2,1-6H3. The van der Waals surface area contributed by atoms with Crippen LogP contribution in [0.15, 0.2) is 160 Å². The second-order valence-electron chi connectivity index (χ2n) is 16.2. The molecule has 1 N–H and O–H groups in total. The number of imidazole rings is 1. The van der Waals surface area contributed by atoms with Crippen molar-refractivity contribution in [3.63, 3.8) is 0 Å². The highest BCUT2D eigenvalue weighted by molar-refractivity contribution is 5.89. The number of benzene rings is 5. The molecule has 0 radical (unpaired) electrons. The average Bonchev–Trinajstić information content (AvgIpc) is 3.89. The minimum Gasteiger partial charge on any atom is -0.427 e. The van der Waals surface area contributed by atoms with Crippen molar-refractivity contribution in [2.45, 2.75) is 64.4 Å². The van der Waals surface area contributed by atoms with Crippen LogP contribution in [0, 0.1) is 5.41 Å². The summed E-state index contributed by atoms with van der Waals surface area (Å²) < 4.78 is 17.8. The summed E-state index contributed by atoms with van der Waals surface area (Å²) in [5, 5.41) is 29.6. The molecule has 1 aliphatic heterocycles. The molecule has 306 valence electrons. The number of methoxy groups -OCH3 is 1. The molecule has 0 saturated heterocycles. The quantitative estimate of drug-likeness (QED) is 0.0655. The van der Waals surface area contributed by atoms with E-state index in [0.717, 1.165) is 38.9 Å². The van der Waals surface area contributed by atoms with Crippen LogP contribution in [0.3, 0.4) is 0 Å². The van der Waals surface area contributed by atoms with Gasteiger partial charge in [0.25, 0.3) is 0 Å². The monoisotopic (exact) mass is 804 g/mol. The molecule has 7 rings (SSSR count). The van der Waals surface area contributed by atoms with Crippen LogP contribution >= 0.6 is 0 Å². The van der Waals surface area contributed by atoms with Gasteiger partial charge in [-0.05, 0) is 78.4 Å². The van der Waals surface area contributed by atoms with E-state index in [1.54, 1.807) is 25.3 Å². The van der Waals surface area contributed by atoms with Crippen LogP contribution in [0.25, 0.3) is 11.1 Å². The zero-order chi connectivity index (χ0) is 42.5. The maximum absolute atomic E-state index is 13.7. The molecule has 0 spiro atoms. The number of esters is 2. The van der Waals surface area contributed by atoms with E-state index in [1.165, 1.54) is 21.0 Å². The molecular formula is C48H48N6O6. The molecule has 12 nitrogen and oxygen atoms in total. The minimum absolute atomic E-state index is 0.0220. The van der Waals surface area contributed by atoms with Gasteiger partial charge in [0.15, 0.2) is 5.69 Å². The molecule has 60 heavy (non-hydrogen) atoms. The van der Waals surface area contributed by atoms with Gasteiger partial charge in [-0.2, -0.15) is 0 Å². The molecule has 12 heteroatoms. The molecule has 0 aliphatic carbocycles. The Morgan fingerprint density at radius 3 is 1.70 bits per heavy atom. The molecule has 1 aromatic heterocycles. The second kappa shape index (κ2) is 16.9. The highest BCUT2D eigenvalue weighted by Gasteiger charge is 2.60. The summed E-state index contributed by atoms with van der Waals surface area (Å²) in [5.74, 6) is -0.928. The van der Waals surface area contributed by atoms with E-state index < -0.39 is 40.8 Å². The SMILES string of the molecule is COCc1nc(C(C)(C)O)c(C(=O)OCOC(=O)C(C)(C)C)n1Cc1ccc(-c2ccccc2C2(C(c3ccccc3)(c3ccccc3)c3ccccc3)N=NN=N2)cc1. The molecule has 0 saturated carbocycles. The van der Waals surface area contributed by atoms with Crippen molar-refractivity contribution in [2.75, 3.05) is 13.9 Å². The number of rotatable bonds is 14. The fourth-order valence-electron chi connectivity index (χ4n) is 7.79. The minimum atomic E-state index is -1.52. The highest BCUT2D eigenvalue weighted by Crippen LogP contribution is 2.58. The molecule has 5 aromatic carbocycles. The molecule has 0 atom stereocenters. The Labute approximate surface area is 349 Å². The molecule has 6 aromatic rings. The van der Waals surface area contributed by atoms with Gasteiger partial charge in [0.1, 0.15) is 23.7 Å². The van der Waals surface area contributed by atoms with Gasteiger partial charge in [0, 0.05) is 19.2 Å². The van der Waals surface area contributed by atoms with Gasteiger partial charge >= 0.3 is 11.9 Å². The lowest BCUT2D eigenvalue weighted by Crippen LogP contribution is -2.48. The van der Waals surface area contributed by atoms with Crippen molar-refractivity contribution in [1.29, 1.82) is 0 Å². The lowest BCUT2D eigenvalue weighted by molar-refractivity contribution is -0.161.